The van der Waals surface area contributed by atoms with Crippen LogP contribution in [0, 0.1) is 0 Å². The van der Waals surface area contributed by atoms with Gasteiger partial charge < -0.3 is 15.0 Å². The van der Waals surface area contributed by atoms with Crippen molar-refractivity contribution in [2.75, 3.05) is 27.2 Å². The average Bonchev–Trinajstić information content (AvgIpc) is 3.17. The predicted molar refractivity (Wildman–Crippen MR) is 85.0 cm³/mol. The molecule has 0 aromatic heterocycles. The number of benzene rings is 1. The van der Waals surface area contributed by atoms with E-state index in [9.17, 15) is 0 Å². The molecular formula is C15H22Cl2N2O. The second-order valence-corrected chi connectivity index (χ2v) is 6.38. The molecule has 0 radical (unpaired) electrons. The minimum Gasteiger partial charge on any atom is -0.492 e. The number of hydrogen-bond acceptors (Lipinski definition) is 3. The lowest BCUT2D eigenvalue weighted by Gasteiger charge is -2.15. The molecule has 0 spiro atoms. The van der Waals surface area contributed by atoms with Crippen molar-refractivity contribution in [3.8, 4) is 5.75 Å². The molecule has 0 amide bonds. The molecular weight excluding hydrogens is 295 g/mol. The zero-order valence-electron chi connectivity index (χ0n) is 12.1. The zero-order chi connectivity index (χ0) is 14.5. The molecule has 0 atom stereocenters. The quantitative estimate of drug-likeness (QED) is 0.742. The number of nitrogens with one attached hydrogen (secondary N) is 1. The van der Waals surface area contributed by atoms with Crippen LogP contribution in [-0.4, -0.2) is 38.2 Å². The van der Waals surface area contributed by atoms with Crippen LogP contribution in [0.1, 0.15) is 24.8 Å². The van der Waals surface area contributed by atoms with E-state index in [0.717, 1.165) is 30.8 Å². The fourth-order valence-electron chi connectivity index (χ4n) is 2.00. The average molecular weight is 317 g/mol. The van der Waals surface area contributed by atoms with E-state index in [0.29, 0.717) is 22.7 Å². The molecule has 3 nitrogen and oxygen atoms in total. The van der Waals surface area contributed by atoms with E-state index < -0.39 is 0 Å². The summed E-state index contributed by atoms with van der Waals surface area (Å²) in [6.07, 6.45) is 3.49. The van der Waals surface area contributed by atoms with Crippen molar-refractivity contribution >= 4 is 23.2 Å². The molecule has 5 heteroatoms. The first-order chi connectivity index (χ1) is 9.56. The summed E-state index contributed by atoms with van der Waals surface area (Å²) in [6.45, 7) is 2.42. The summed E-state index contributed by atoms with van der Waals surface area (Å²) >= 11 is 12.3. The highest BCUT2D eigenvalue weighted by atomic mass is 35.5. The van der Waals surface area contributed by atoms with Crippen LogP contribution in [-0.2, 0) is 6.54 Å². The first-order valence-corrected chi connectivity index (χ1v) is 7.80. The zero-order valence-corrected chi connectivity index (χ0v) is 13.6. The summed E-state index contributed by atoms with van der Waals surface area (Å²) in [5, 5.41) is 4.72. The van der Waals surface area contributed by atoms with Gasteiger partial charge in [0.15, 0.2) is 0 Å². The maximum atomic E-state index is 6.26. The van der Waals surface area contributed by atoms with Crippen LogP contribution in [0.2, 0.25) is 10.0 Å². The summed E-state index contributed by atoms with van der Waals surface area (Å²) in [7, 11) is 4.11. The number of hydrogen-bond donors (Lipinski definition) is 1. The number of ether oxygens (including phenoxy) is 1. The van der Waals surface area contributed by atoms with Gasteiger partial charge in [0.1, 0.15) is 5.75 Å². The molecule has 0 aliphatic heterocycles. The predicted octanol–water partition coefficient (Wildman–Crippen LogP) is 3.58. The third-order valence-electron chi connectivity index (χ3n) is 3.24. The van der Waals surface area contributed by atoms with Crippen molar-refractivity contribution < 1.29 is 4.74 Å². The molecule has 1 saturated carbocycles. The molecule has 1 aromatic carbocycles. The molecule has 1 aromatic rings. The standard InChI is InChI=1S/C15H22Cl2N2O/c1-19(2)6-3-7-20-15-11(10-18-13-4-5-13)8-12(16)9-14(15)17/h8-9,13,18H,3-7,10H2,1-2H3. The Kier molecular flexibility index (Phi) is 5.97. The van der Waals surface area contributed by atoms with Gasteiger partial charge in [-0.15, -0.1) is 0 Å². The third-order valence-corrected chi connectivity index (χ3v) is 3.74. The lowest BCUT2D eigenvalue weighted by atomic mass is 10.2. The Morgan fingerprint density at radius 2 is 2.05 bits per heavy atom. The van der Waals surface area contributed by atoms with Gasteiger partial charge in [0, 0.05) is 29.7 Å². The normalized spacial score (nSPS) is 14.8. The molecule has 1 N–H and O–H groups in total. The van der Waals surface area contributed by atoms with Crippen LogP contribution in [0.3, 0.4) is 0 Å². The first-order valence-electron chi connectivity index (χ1n) is 7.05. The topological polar surface area (TPSA) is 24.5 Å². The van der Waals surface area contributed by atoms with Crippen molar-refractivity contribution in [1.29, 1.82) is 0 Å². The van der Waals surface area contributed by atoms with Crippen molar-refractivity contribution in [1.82, 2.24) is 10.2 Å². The van der Waals surface area contributed by atoms with E-state index in [-0.39, 0.29) is 0 Å². The number of rotatable bonds is 8. The smallest absolute Gasteiger partial charge is 0.142 e. The molecule has 0 unspecified atom stereocenters. The van der Waals surface area contributed by atoms with Gasteiger partial charge in [-0.05, 0) is 45.5 Å². The van der Waals surface area contributed by atoms with E-state index >= 15 is 0 Å². The van der Waals surface area contributed by atoms with Gasteiger partial charge >= 0.3 is 0 Å². The Hall–Kier alpha value is -0.480. The van der Waals surface area contributed by atoms with Crippen molar-refractivity contribution in [2.45, 2.75) is 31.8 Å². The summed E-state index contributed by atoms with van der Waals surface area (Å²) < 4.78 is 5.87. The lowest BCUT2D eigenvalue weighted by Crippen LogP contribution is -2.18. The Balaban J connectivity index is 1.96. The Morgan fingerprint density at radius 1 is 1.30 bits per heavy atom. The fourth-order valence-corrected chi connectivity index (χ4v) is 2.59. The van der Waals surface area contributed by atoms with Crippen molar-refractivity contribution in [3.63, 3.8) is 0 Å². The van der Waals surface area contributed by atoms with Gasteiger partial charge in [-0.25, -0.2) is 0 Å². The van der Waals surface area contributed by atoms with Gasteiger partial charge in [-0.2, -0.15) is 0 Å². The lowest BCUT2D eigenvalue weighted by molar-refractivity contribution is 0.279. The van der Waals surface area contributed by atoms with Crippen molar-refractivity contribution in [3.05, 3.63) is 27.7 Å². The molecule has 0 saturated heterocycles. The van der Waals surface area contributed by atoms with Crippen molar-refractivity contribution in [2.24, 2.45) is 0 Å². The minimum absolute atomic E-state index is 0.593. The molecule has 20 heavy (non-hydrogen) atoms. The molecule has 1 aliphatic carbocycles. The largest absolute Gasteiger partial charge is 0.492 e. The van der Waals surface area contributed by atoms with Crippen LogP contribution in [0.5, 0.6) is 5.75 Å². The van der Waals surface area contributed by atoms with Gasteiger partial charge in [-0.1, -0.05) is 23.2 Å². The summed E-state index contributed by atoms with van der Waals surface area (Å²) in [5.41, 5.74) is 1.04. The Labute approximate surface area is 131 Å². The molecule has 1 fully saturated rings. The van der Waals surface area contributed by atoms with Crippen LogP contribution >= 0.6 is 23.2 Å². The van der Waals surface area contributed by atoms with E-state index in [2.05, 4.69) is 24.3 Å². The highest BCUT2D eigenvalue weighted by Crippen LogP contribution is 2.33. The summed E-state index contributed by atoms with van der Waals surface area (Å²) in [6, 6.07) is 4.32. The van der Waals surface area contributed by atoms with Crippen LogP contribution < -0.4 is 10.1 Å². The maximum Gasteiger partial charge on any atom is 0.142 e. The van der Waals surface area contributed by atoms with Gasteiger partial charge in [0.2, 0.25) is 0 Å². The van der Waals surface area contributed by atoms with E-state index in [4.69, 9.17) is 27.9 Å². The van der Waals surface area contributed by atoms with Crippen LogP contribution in [0.25, 0.3) is 0 Å². The SMILES string of the molecule is CN(C)CCCOc1c(Cl)cc(Cl)cc1CNC1CC1. The highest BCUT2D eigenvalue weighted by molar-refractivity contribution is 6.35. The summed E-state index contributed by atoms with van der Waals surface area (Å²) in [5.74, 6) is 0.767. The fraction of sp³-hybridized carbons (Fsp3) is 0.600. The Morgan fingerprint density at radius 3 is 2.70 bits per heavy atom. The maximum absolute atomic E-state index is 6.26. The second kappa shape index (κ2) is 7.51. The van der Waals surface area contributed by atoms with Gasteiger partial charge in [-0.3, -0.25) is 0 Å². The van der Waals surface area contributed by atoms with E-state index in [1.807, 2.05) is 6.07 Å². The highest BCUT2D eigenvalue weighted by Gasteiger charge is 2.21. The Bertz CT molecular complexity index is 448. The van der Waals surface area contributed by atoms with E-state index in [1.54, 1.807) is 6.07 Å². The van der Waals surface area contributed by atoms with Crippen LogP contribution in [0.15, 0.2) is 12.1 Å². The molecule has 0 bridgehead atoms. The van der Waals surface area contributed by atoms with Gasteiger partial charge in [0.05, 0.1) is 11.6 Å². The second-order valence-electron chi connectivity index (χ2n) is 5.54. The first kappa shape index (κ1) is 15.9. The third kappa shape index (κ3) is 5.13. The monoisotopic (exact) mass is 316 g/mol. The molecule has 1 aliphatic rings. The molecule has 112 valence electrons. The van der Waals surface area contributed by atoms with E-state index in [1.165, 1.54) is 12.8 Å². The number of halogens is 2. The van der Waals surface area contributed by atoms with Gasteiger partial charge in [0.25, 0.3) is 0 Å². The molecule has 0 heterocycles. The summed E-state index contributed by atoms with van der Waals surface area (Å²) in [4.78, 5) is 2.14. The molecule has 2 rings (SSSR count). The van der Waals surface area contributed by atoms with Crippen LogP contribution in [0.4, 0.5) is 0 Å². The number of nitrogens with zero attached hydrogens (tertiary/aromatic N) is 1. The minimum atomic E-state index is 0.593.